The van der Waals surface area contributed by atoms with Gasteiger partial charge in [-0.1, -0.05) is 12.5 Å². The van der Waals surface area contributed by atoms with Crippen LogP contribution in [0, 0.1) is 5.92 Å². The van der Waals surface area contributed by atoms with E-state index in [1.165, 1.54) is 0 Å². The molecule has 2 atom stereocenters. The van der Waals surface area contributed by atoms with Crippen molar-refractivity contribution in [2.75, 3.05) is 20.3 Å². The third kappa shape index (κ3) is 5.55. The van der Waals surface area contributed by atoms with Crippen LogP contribution in [0.5, 0.6) is 0 Å². The molecule has 1 aromatic rings. The standard InChI is InChI=1S/C16H25N3O2.ClH/c1-21-10-9-19(12-15-7-2-3-8-18-15)16(20)13-5-4-6-14(17)11-13;/h2-3,7-8,13-14H,4-6,9-12,17H2,1H3;1H. The molecule has 2 rings (SSSR count). The number of carbonyl (C=O) groups excluding carboxylic acids is 1. The van der Waals surface area contributed by atoms with E-state index in [1.54, 1.807) is 13.3 Å². The quantitative estimate of drug-likeness (QED) is 0.867. The van der Waals surface area contributed by atoms with E-state index in [0.29, 0.717) is 19.7 Å². The van der Waals surface area contributed by atoms with Gasteiger partial charge in [0.2, 0.25) is 5.91 Å². The van der Waals surface area contributed by atoms with Crippen molar-refractivity contribution in [3.63, 3.8) is 0 Å². The summed E-state index contributed by atoms with van der Waals surface area (Å²) in [4.78, 5) is 18.9. The van der Waals surface area contributed by atoms with Gasteiger partial charge in [-0.3, -0.25) is 9.78 Å². The molecule has 0 spiro atoms. The predicted octanol–water partition coefficient (Wildman–Crippen LogP) is 2.00. The van der Waals surface area contributed by atoms with Gasteiger partial charge in [-0.25, -0.2) is 0 Å². The first-order chi connectivity index (χ1) is 10.2. The number of halogens is 1. The number of nitrogens with two attached hydrogens (primary N) is 1. The molecule has 1 fully saturated rings. The lowest BCUT2D eigenvalue weighted by atomic mass is 9.85. The van der Waals surface area contributed by atoms with E-state index in [0.717, 1.165) is 31.4 Å². The van der Waals surface area contributed by atoms with E-state index in [-0.39, 0.29) is 30.3 Å². The maximum absolute atomic E-state index is 12.7. The summed E-state index contributed by atoms with van der Waals surface area (Å²) in [6, 6.07) is 5.93. The molecule has 2 N–H and O–H groups in total. The number of pyridine rings is 1. The van der Waals surface area contributed by atoms with Crippen LogP contribution in [0.4, 0.5) is 0 Å². The van der Waals surface area contributed by atoms with Crippen LogP contribution in [0.25, 0.3) is 0 Å². The fourth-order valence-electron chi connectivity index (χ4n) is 2.87. The molecular formula is C16H26ClN3O2. The van der Waals surface area contributed by atoms with Crippen molar-refractivity contribution < 1.29 is 9.53 Å². The molecule has 1 aromatic heterocycles. The van der Waals surface area contributed by atoms with Crippen LogP contribution in [0.1, 0.15) is 31.4 Å². The molecule has 0 aliphatic heterocycles. The van der Waals surface area contributed by atoms with E-state index in [9.17, 15) is 4.79 Å². The summed E-state index contributed by atoms with van der Waals surface area (Å²) in [5, 5.41) is 0. The molecule has 0 bridgehead atoms. The van der Waals surface area contributed by atoms with Crippen molar-refractivity contribution in [3.05, 3.63) is 30.1 Å². The van der Waals surface area contributed by atoms with Crippen molar-refractivity contribution in [3.8, 4) is 0 Å². The van der Waals surface area contributed by atoms with Gasteiger partial charge in [-0.15, -0.1) is 12.4 Å². The van der Waals surface area contributed by atoms with Crippen LogP contribution < -0.4 is 5.73 Å². The molecule has 1 amide bonds. The smallest absolute Gasteiger partial charge is 0.226 e. The molecule has 22 heavy (non-hydrogen) atoms. The number of methoxy groups -OCH3 is 1. The summed E-state index contributed by atoms with van der Waals surface area (Å²) in [7, 11) is 1.65. The average molecular weight is 328 g/mol. The number of hydrogen-bond acceptors (Lipinski definition) is 4. The number of carbonyl (C=O) groups is 1. The monoisotopic (exact) mass is 327 g/mol. The molecule has 1 heterocycles. The molecule has 2 unspecified atom stereocenters. The zero-order valence-electron chi connectivity index (χ0n) is 13.1. The molecule has 124 valence electrons. The van der Waals surface area contributed by atoms with E-state index in [2.05, 4.69) is 4.98 Å². The highest BCUT2D eigenvalue weighted by atomic mass is 35.5. The number of rotatable bonds is 6. The van der Waals surface area contributed by atoms with Gasteiger partial charge in [0, 0.05) is 31.8 Å². The largest absolute Gasteiger partial charge is 0.383 e. The van der Waals surface area contributed by atoms with E-state index < -0.39 is 0 Å². The third-order valence-corrected chi connectivity index (χ3v) is 4.02. The van der Waals surface area contributed by atoms with E-state index in [1.807, 2.05) is 23.1 Å². The highest BCUT2D eigenvalue weighted by molar-refractivity contribution is 5.85. The summed E-state index contributed by atoms with van der Waals surface area (Å²) in [5.41, 5.74) is 6.91. The second-order valence-electron chi connectivity index (χ2n) is 5.70. The van der Waals surface area contributed by atoms with Gasteiger partial charge in [-0.2, -0.15) is 0 Å². The Morgan fingerprint density at radius 1 is 1.45 bits per heavy atom. The Bertz CT molecular complexity index is 444. The van der Waals surface area contributed by atoms with E-state index >= 15 is 0 Å². The highest BCUT2D eigenvalue weighted by Crippen LogP contribution is 2.25. The molecule has 0 aromatic carbocycles. The topological polar surface area (TPSA) is 68.5 Å². The average Bonchev–Trinajstić information content (AvgIpc) is 2.51. The summed E-state index contributed by atoms with van der Waals surface area (Å²) < 4.78 is 5.13. The number of hydrogen-bond donors (Lipinski definition) is 1. The van der Waals surface area contributed by atoms with Gasteiger partial charge in [0.15, 0.2) is 0 Å². The van der Waals surface area contributed by atoms with Gasteiger partial charge < -0.3 is 15.4 Å². The fraction of sp³-hybridized carbons (Fsp3) is 0.625. The van der Waals surface area contributed by atoms with Gasteiger partial charge >= 0.3 is 0 Å². The van der Waals surface area contributed by atoms with Crippen molar-refractivity contribution >= 4 is 18.3 Å². The third-order valence-electron chi connectivity index (χ3n) is 4.02. The van der Waals surface area contributed by atoms with Gasteiger partial charge in [0.25, 0.3) is 0 Å². The normalized spacial score (nSPS) is 21.0. The summed E-state index contributed by atoms with van der Waals surface area (Å²) in [5.74, 6) is 0.238. The van der Waals surface area contributed by atoms with Crippen molar-refractivity contribution in [2.24, 2.45) is 11.7 Å². The molecule has 1 saturated carbocycles. The lowest BCUT2D eigenvalue weighted by Crippen LogP contribution is -2.41. The molecule has 1 aliphatic carbocycles. The van der Waals surface area contributed by atoms with Crippen LogP contribution in [-0.2, 0) is 16.1 Å². The minimum absolute atomic E-state index is 0. The van der Waals surface area contributed by atoms with Crippen LogP contribution in [0.2, 0.25) is 0 Å². The number of amides is 1. The Labute approximate surface area is 138 Å². The van der Waals surface area contributed by atoms with Gasteiger partial charge in [0.1, 0.15) is 0 Å². The number of ether oxygens (including phenoxy) is 1. The first-order valence-electron chi connectivity index (χ1n) is 7.64. The first-order valence-corrected chi connectivity index (χ1v) is 7.64. The molecule has 0 saturated heterocycles. The van der Waals surface area contributed by atoms with Crippen LogP contribution in [0.3, 0.4) is 0 Å². The second-order valence-corrected chi connectivity index (χ2v) is 5.70. The molecule has 6 heteroatoms. The second kappa shape index (κ2) is 9.77. The Kier molecular flexibility index (Phi) is 8.38. The zero-order chi connectivity index (χ0) is 15.1. The van der Waals surface area contributed by atoms with Crippen LogP contribution in [0.15, 0.2) is 24.4 Å². The Balaban J connectivity index is 0.00000242. The van der Waals surface area contributed by atoms with Crippen LogP contribution >= 0.6 is 12.4 Å². The lowest BCUT2D eigenvalue weighted by molar-refractivity contribution is -0.138. The number of aromatic nitrogens is 1. The molecule has 0 radical (unpaired) electrons. The van der Waals surface area contributed by atoms with Crippen LogP contribution in [-0.4, -0.2) is 42.1 Å². The first kappa shape index (κ1) is 18.9. The predicted molar refractivity (Wildman–Crippen MR) is 88.7 cm³/mol. The fourth-order valence-corrected chi connectivity index (χ4v) is 2.87. The van der Waals surface area contributed by atoms with Crippen molar-refractivity contribution in [1.29, 1.82) is 0 Å². The Morgan fingerprint density at radius 2 is 2.27 bits per heavy atom. The summed E-state index contributed by atoms with van der Waals surface area (Å²) in [6.07, 6.45) is 5.56. The summed E-state index contributed by atoms with van der Waals surface area (Å²) in [6.45, 7) is 1.67. The minimum atomic E-state index is 0. The highest BCUT2D eigenvalue weighted by Gasteiger charge is 2.29. The van der Waals surface area contributed by atoms with Gasteiger partial charge in [0.05, 0.1) is 18.8 Å². The van der Waals surface area contributed by atoms with Gasteiger partial charge in [-0.05, 0) is 31.4 Å². The van der Waals surface area contributed by atoms with E-state index in [4.69, 9.17) is 10.5 Å². The van der Waals surface area contributed by atoms with Crippen molar-refractivity contribution in [2.45, 2.75) is 38.3 Å². The molecular weight excluding hydrogens is 302 g/mol. The summed E-state index contributed by atoms with van der Waals surface area (Å²) >= 11 is 0. The Hall–Kier alpha value is -1.17. The molecule has 1 aliphatic rings. The minimum Gasteiger partial charge on any atom is -0.383 e. The number of nitrogens with zero attached hydrogens (tertiary/aromatic N) is 2. The Morgan fingerprint density at radius 3 is 2.91 bits per heavy atom. The zero-order valence-corrected chi connectivity index (χ0v) is 13.9. The van der Waals surface area contributed by atoms with Crippen molar-refractivity contribution in [1.82, 2.24) is 9.88 Å². The lowest BCUT2D eigenvalue weighted by Gasteiger charge is -2.31. The maximum atomic E-state index is 12.7. The SMILES string of the molecule is COCCN(Cc1ccccn1)C(=O)C1CCCC(N)C1.Cl. The maximum Gasteiger partial charge on any atom is 0.226 e. The molecule has 5 nitrogen and oxygen atoms in total.